The minimum atomic E-state index is 0.662. The van der Waals surface area contributed by atoms with Gasteiger partial charge in [-0.15, -0.1) is 0 Å². The summed E-state index contributed by atoms with van der Waals surface area (Å²) in [6, 6.07) is 0. The van der Waals surface area contributed by atoms with Crippen LogP contribution >= 0.6 is 0 Å². The molecule has 0 aliphatic heterocycles. The van der Waals surface area contributed by atoms with Gasteiger partial charge in [-0.3, -0.25) is 0 Å². The zero-order chi connectivity index (χ0) is 9.52. The Morgan fingerprint density at radius 2 is 2.46 bits per heavy atom. The summed E-state index contributed by atoms with van der Waals surface area (Å²) in [5, 5.41) is 0. The number of aryl methyl sites for hydroxylation is 1. The smallest absolute Gasteiger partial charge is 0.0949 e. The van der Waals surface area contributed by atoms with Crippen LogP contribution in [0, 0.1) is 0 Å². The van der Waals surface area contributed by atoms with E-state index in [-0.39, 0.29) is 0 Å². The van der Waals surface area contributed by atoms with E-state index in [9.17, 15) is 0 Å². The van der Waals surface area contributed by atoms with Crippen LogP contribution in [0.1, 0.15) is 12.1 Å². The highest BCUT2D eigenvalue weighted by atomic mass is 16.5. The summed E-state index contributed by atoms with van der Waals surface area (Å²) in [4.78, 5) is 4.23. The van der Waals surface area contributed by atoms with E-state index in [2.05, 4.69) is 9.55 Å². The van der Waals surface area contributed by atoms with Crippen LogP contribution in [0.5, 0.6) is 0 Å². The predicted molar refractivity (Wildman–Crippen MR) is 51.5 cm³/mol. The maximum Gasteiger partial charge on any atom is 0.0949 e. The van der Waals surface area contributed by atoms with Gasteiger partial charge in [-0.05, 0) is 13.0 Å². The van der Waals surface area contributed by atoms with Crippen LogP contribution in [0.15, 0.2) is 12.5 Å². The molecular weight excluding hydrogens is 166 g/mol. The minimum absolute atomic E-state index is 0.662. The molecule has 0 unspecified atom stereocenters. The summed E-state index contributed by atoms with van der Waals surface area (Å²) >= 11 is 0. The van der Waals surface area contributed by atoms with Crippen LogP contribution in [0.4, 0.5) is 0 Å². The molecule has 1 aromatic rings. The molecule has 0 bridgehead atoms. The lowest BCUT2D eigenvalue weighted by molar-refractivity contribution is 0.190. The molecule has 1 aromatic heterocycles. The van der Waals surface area contributed by atoms with E-state index in [1.165, 1.54) is 0 Å². The Kier molecular flexibility index (Phi) is 4.49. The molecular formula is C9H17N3O. The molecule has 4 heteroatoms. The third-order valence-electron chi connectivity index (χ3n) is 1.85. The number of ether oxygens (including phenoxy) is 1. The van der Waals surface area contributed by atoms with Crippen LogP contribution in [0.3, 0.4) is 0 Å². The average Bonchev–Trinajstić information content (AvgIpc) is 2.54. The number of nitrogens with zero attached hydrogens (tertiary/aromatic N) is 2. The van der Waals surface area contributed by atoms with Gasteiger partial charge in [0, 0.05) is 32.9 Å². The van der Waals surface area contributed by atoms with Crippen LogP contribution in [-0.2, 0) is 17.7 Å². The van der Waals surface area contributed by atoms with Gasteiger partial charge in [0.15, 0.2) is 0 Å². The lowest BCUT2D eigenvalue weighted by atomic mass is 10.3. The fourth-order valence-corrected chi connectivity index (χ4v) is 1.20. The Balaban J connectivity index is 2.31. The molecule has 4 nitrogen and oxygen atoms in total. The average molecular weight is 183 g/mol. The summed E-state index contributed by atoms with van der Waals surface area (Å²) < 4.78 is 7.04. The molecule has 0 aliphatic rings. The summed E-state index contributed by atoms with van der Waals surface area (Å²) in [5.41, 5.74) is 6.49. The highest BCUT2D eigenvalue weighted by Gasteiger charge is 1.96. The third-order valence-corrected chi connectivity index (χ3v) is 1.85. The second-order valence-corrected chi connectivity index (χ2v) is 2.99. The molecule has 0 atom stereocenters. The first-order valence-electron chi connectivity index (χ1n) is 4.56. The van der Waals surface area contributed by atoms with Gasteiger partial charge in [0.05, 0.1) is 12.0 Å². The molecule has 1 heterocycles. The Hall–Kier alpha value is -0.870. The number of methoxy groups -OCH3 is 1. The number of aromatic nitrogens is 2. The van der Waals surface area contributed by atoms with Crippen LogP contribution in [-0.4, -0.2) is 29.8 Å². The second-order valence-electron chi connectivity index (χ2n) is 2.99. The largest absolute Gasteiger partial charge is 0.385 e. The van der Waals surface area contributed by atoms with Crippen molar-refractivity contribution in [2.24, 2.45) is 5.73 Å². The molecule has 0 amide bonds. The van der Waals surface area contributed by atoms with Gasteiger partial charge >= 0.3 is 0 Å². The molecule has 0 spiro atoms. The van der Waals surface area contributed by atoms with Gasteiger partial charge in [-0.25, -0.2) is 4.98 Å². The molecule has 0 saturated carbocycles. The highest BCUT2D eigenvalue weighted by molar-refractivity contribution is 4.96. The molecule has 0 aromatic carbocycles. The van der Waals surface area contributed by atoms with E-state index >= 15 is 0 Å². The van der Waals surface area contributed by atoms with E-state index in [1.54, 1.807) is 7.11 Å². The summed E-state index contributed by atoms with van der Waals surface area (Å²) in [7, 11) is 1.72. The Labute approximate surface area is 78.7 Å². The van der Waals surface area contributed by atoms with E-state index in [0.29, 0.717) is 6.54 Å². The molecule has 0 saturated heterocycles. The molecule has 0 fully saturated rings. The molecule has 0 radical (unpaired) electrons. The Bertz CT molecular complexity index is 235. The zero-order valence-corrected chi connectivity index (χ0v) is 8.07. The first-order valence-corrected chi connectivity index (χ1v) is 4.56. The summed E-state index contributed by atoms with van der Waals surface area (Å²) in [5.74, 6) is 0. The van der Waals surface area contributed by atoms with Crippen molar-refractivity contribution in [3.05, 3.63) is 18.2 Å². The van der Waals surface area contributed by atoms with Crippen molar-refractivity contribution in [1.29, 1.82) is 0 Å². The number of rotatable bonds is 6. The third kappa shape index (κ3) is 3.57. The number of imidazole rings is 1. The van der Waals surface area contributed by atoms with Gasteiger partial charge in [0.2, 0.25) is 0 Å². The van der Waals surface area contributed by atoms with Gasteiger partial charge in [-0.1, -0.05) is 0 Å². The molecule has 1 rings (SSSR count). The van der Waals surface area contributed by atoms with Crippen molar-refractivity contribution in [2.45, 2.75) is 19.4 Å². The predicted octanol–water partition coefficient (Wildman–Crippen LogP) is 0.421. The Morgan fingerprint density at radius 3 is 3.15 bits per heavy atom. The molecule has 2 N–H and O–H groups in total. The second kappa shape index (κ2) is 5.72. The Morgan fingerprint density at radius 1 is 1.62 bits per heavy atom. The quantitative estimate of drug-likeness (QED) is 0.650. The molecule has 74 valence electrons. The van der Waals surface area contributed by atoms with Gasteiger partial charge in [-0.2, -0.15) is 0 Å². The van der Waals surface area contributed by atoms with Crippen LogP contribution in [0.25, 0.3) is 0 Å². The van der Waals surface area contributed by atoms with Gasteiger partial charge in [0.1, 0.15) is 0 Å². The normalized spacial score (nSPS) is 10.6. The van der Waals surface area contributed by atoms with Crippen molar-refractivity contribution in [1.82, 2.24) is 9.55 Å². The van der Waals surface area contributed by atoms with Gasteiger partial charge in [0.25, 0.3) is 0 Å². The zero-order valence-electron chi connectivity index (χ0n) is 8.07. The highest BCUT2D eigenvalue weighted by Crippen LogP contribution is 1.98. The monoisotopic (exact) mass is 183 g/mol. The van der Waals surface area contributed by atoms with E-state index in [0.717, 1.165) is 31.7 Å². The van der Waals surface area contributed by atoms with Crippen molar-refractivity contribution >= 4 is 0 Å². The van der Waals surface area contributed by atoms with Crippen molar-refractivity contribution in [3.63, 3.8) is 0 Å². The standard InChI is InChI=1S/C9H17N3O/c1-13-6-2-5-12-7-9(3-4-10)11-8-12/h7-8H,2-6,10H2,1H3. The maximum absolute atomic E-state index is 5.42. The lowest BCUT2D eigenvalue weighted by Crippen LogP contribution is -2.03. The summed E-state index contributed by atoms with van der Waals surface area (Å²) in [6.45, 7) is 2.42. The van der Waals surface area contributed by atoms with Gasteiger partial charge < -0.3 is 15.0 Å². The number of nitrogens with two attached hydrogens (primary N) is 1. The van der Waals surface area contributed by atoms with Crippen molar-refractivity contribution in [3.8, 4) is 0 Å². The molecule has 0 aliphatic carbocycles. The maximum atomic E-state index is 5.42. The molecule has 13 heavy (non-hydrogen) atoms. The fourth-order valence-electron chi connectivity index (χ4n) is 1.20. The van der Waals surface area contributed by atoms with E-state index in [1.807, 2.05) is 12.5 Å². The lowest BCUT2D eigenvalue weighted by Gasteiger charge is -1.99. The van der Waals surface area contributed by atoms with Crippen molar-refractivity contribution in [2.75, 3.05) is 20.3 Å². The van der Waals surface area contributed by atoms with E-state index in [4.69, 9.17) is 10.5 Å². The summed E-state index contributed by atoms with van der Waals surface area (Å²) in [6.07, 6.45) is 5.77. The first-order chi connectivity index (χ1) is 6.36. The number of hydrogen-bond donors (Lipinski definition) is 1. The van der Waals surface area contributed by atoms with E-state index < -0.39 is 0 Å². The van der Waals surface area contributed by atoms with Crippen molar-refractivity contribution < 1.29 is 4.74 Å². The van der Waals surface area contributed by atoms with Crippen LogP contribution < -0.4 is 5.73 Å². The topological polar surface area (TPSA) is 53.1 Å². The first kappa shape index (κ1) is 10.2. The SMILES string of the molecule is COCCCn1cnc(CCN)c1. The fraction of sp³-hybridized carbons (Fsp3) is 0.667. The minimum Gasteiger partial charge on any atom is -0.385 e. The van der Waals surface area contributed by atoms with Crippen LogP contribution in [0.2, 0.25) is 0 Å². The number of hydrogen-bond acceptors (Lipinski definition) is 3.